The van der Waals surface area contributed by atoms with Crippen LogP contribution in [0.5, 0.6) is 0 Å². The Labute approximate surface area is 72.3 Å². The molecule has 2 rings (SSSR count). The number of rotatable bonds is 0. The Bertz CT molecular complexity index is 313. The number of hydrogen-bond acceptors (Lipinski definition) is 3. The number of esters is 2. The molecule has 0 aromatic heterocycles. The van der Waals surface area contributed by atoms with E-state index in [4.69, 9.17) is 0 Å². The van der Waals surface area contributed by atoms with Crippen molar-refractivity contribution < 1.29 is 14.3 Å². The monoisotopic (exact) mass is 182 g/mol. The summed E-state index contributed by atoms with van der Waals surface area (Å²) in [4.78, 5) is 21.7. The van der Waals surface area contributed by atoms with Crippen LogP contribution in [0.1, 0.15) is 20.7 Å². The fourth-order valence-corrected chi connectivity index (χ4v) is 1.03. The highest BCUT2D eigenvalue weighted by molar-refractivity contribution is 6.92. The Kier molecular flexibility index (Phi) is 2.25. The summed E-state index contributed by atoms with van der Waals surface area (Å²) < 4.78 is 4.35. The highest BCUT2D eigenvalue weighted by atomic mass is 31.0. The molecular weight excluding hydrogens is 175 g/mol. The Morgan fingerprint density at radius 2 is 1.33 bits per heavy atom. The lowest BCUT2D eigenvalue weighted by Gasteiger charge is -1.86. The zero-order valence-corrected chi connectivity index (χ0v) is 7.66. The maximum Gasteiger partial charge on any atom is 0.346 e. The van der Waals surface area contributed by atoms with Gasteiger partial charge in [-0.15, -0.1) is 0 Å². The third-order valence-corrected chi connectivity index (χ3v) is 1.55. The van der Waals surface area contributed by atoms with Gasteiger partial charge in [-0.3, -0.25) is 0 Å². The van der Waals surface area contributed by atoms with Gasteiger partial charge >= 0.3 is 11.9 Å². The van der Waals surface area contributed by atoms with Crippen molar-refractivity contribution in [2.24, 2.45) is 0 Å². The summed E-state index contributed by atoms with van der Waals surface area (Å²) in [7, 11) is 0. The first-order valence-electron chi connectivity index (χ1n) is 3.14. The van der Waals surface area contributed by atoms with Gasteiger partial charge in [0.15, 0.2) is 0 Å². The van der Waals surface area contributed by atoms with E-state index >= 15 is 0 Å². The van der Waals surface area contributed by atoms with E-state index in [0.29, 0.717) is 11.1 Å². The summed E-state index contributed by atoms with van der Waals surface area (Å²) in [6.45, 7) is 0. The zero-order chi connectivity index (χ0) is 7.84. The summed E-state index contributed by atoms with van der Waals surface area (Å²) >= 11 is 0. The molecule has 0 radical (unpaired) electrons. The van der Waals surface area contributed by atoms with Gasteiger partial charge in [0.25, 0.3) is 0 Å². The fourth-order valence-electron chi connectivity index (χ4n) is 1.03. The van der Waals surface area contributed by atoms with Gasteiger partial charge in [0.05, 0.1) is 11.1 Å². The summed E-state index contributed by atoms with van der Waals surface area (Å²) in [6, 6.07) is 6.53. The number of fused-ring (bicyclic) bond motifs is 1. The number of hydrogen-bond donors (Lipinski definition) is 0. The molecule has 0 fully saturated rings. The number of cyclic esters (lactones) is 2. The zero-order valence-electron chi connectivity index (χ0n) is 6.24. The lowest BCUT2D eigenvalue weighted by Crippen LogP contribution is -1.96. The maximum atomic E-state index is 10.8. The van der Waals surface area contributed by atoms with Crippen LogP contribution in [0.4, 0.5) is 0 Å². The van der Waals surface area contributed by atoms with Gasteiger partial charge in [-0.05, 0) is 12.1 Å². The van der Waals surface area contributed by atoms with Crippen LogP contribution in [0.2, 0.25) is 0 Å². The van der Waals surface area contributed by atoms with Crippen LogP contribution in [0, 0.1) is 0 Å². The predicted octanol–water partition coefficient (Wildman–Crippen LogP) is 1.06. The van der Waals surface area contributed by atoms with Crippen molar-refractivity contribution in [3.05, 3.63) is 35.4 Å². The first-order valence-corrected chi connectivity index (χ1v) is 3.14. The molecule has 1 atom stereocenters. The maximum absolute atomic E-state index is 10.8. The molecule has 4 heteroatoms. The first-order chi connectivity index (χ1) is 5.29. The molecule has 0 saturated heterocycles. The highest BCUT2D eigenvalue weighted by Gasteiger charge is 2.28. The van der Waals surface area contributed by atoms with Crippen LogP contribution < -0.4 is 0 Å². The third-order valence-electron chi connectivity index (χ3n) is 1.55. The second-order valence-electron chi connectivity index (χ2n) is 2.22. The SMILES string of the molecule is O=C1OC(=O)c2ccccc21.P. The van der Waals surface area contributed by atoms with E-state index in [0.717, 1.165) is 0 Å². The van der Waals surface area contributed by atoms with Crippen LogP contribution in [0.25, 0.3) is 0 Å². The standard InChI is InChI=1S/C8H4O3.H3P/c9-7-5-3-1-2-4-6(5)8(10)11-7;/h1-4H;1H3. The summed E-state index contributed by atoms with van der Waals surface area (Å²) in [5.41, 5.74) is 0.718. The van der Waals surface area contributed by atoms with E-state index in [-0.39, 0.29) is 9.90 Å². The Morgan fingerprint density at radius 3 is 1.75 bits per heavy atom. The predicted molar refractivity (Wildman–Crippen MR) is 47.3 cm³/mol. The van der Waals surface area contributed by atoms with Crippen LogP contribution in [0.3, 0.4) is 0 Å². The van der Waals surface area contributed by atoms with E-state index in [1.807, 2.05) is 0 Å². The average molecular weight is 182 g/mol. The Morgan fingerprint density at radius 1 is 0.917 bits per heavy atom. The van der Waals surface area contributed by atoms with Gasteiger partial charge in [0.2, 0.25) is 0 Å². The van der Waals surface area contributed by atoms with Crippen molar-refractivity contribution in [3.63, 3.8) is 0 Å². The molecular formula is C8H7O3P. The van der Waals surface area contributed by atoms with Crippen molar-refractivity contribution in [2.45, 2.75) is 0 Å². The highest BCUT2D eigenvalue weighted by Crippen LogP contribution is 2.18. The number of benzene rings is 1. The molecule has 1 aromatic carbocycles. The molecule has 1 aromatic rings. The molecule has 12 heavy (non-hydrogen) atoms. The number of ether oxygens (including phenoxy) is 1. The molecule has 1 heterocycles. The van der Waals surface area contributed by atoms with Crippen molar-refractivity contribution in [1.82, 2.24) is 0 Å². The fraction of sp³-hybridized carbons (Fsp3) is 0. The third kappa shape index (κ3) is 1.12. The van der Waals surface area contributed by atoms with E-state index in [2.05, 4.69) is 4.74 Å². The first kappa shape index (κ1) is 8.88. The Balaban J connectivity index is 0.000000720. The largest absolute Gasteiger partial charge is 0.386 e. The van der Waals surface area contributed by atoms with Crippen LogP contribution in [0.15, 0.2) is 24.3 Å². The van der Waals surface area contributed by atoms with Crippen LogP contribution in [-0.4, -0.2) is 11.9 Å². The van der Waals surface area contributed by atoms with E-state index in [1.54, 1.807) is 24.3 Å². The van der Waals surface area contributed by atoms with E-state index < -0.39 is 11.9 Å². The van der Waals surface area contributed by atoms with Crippen molar-refractivity contribution in [2.75, 3.05) is 0 Å². The quantitative estimate of drug-likeness (QED) is 0.342. The van der Waals surface area contributed by atoms with E-state index in [9.17, 15) is 9.59 Å². The number of carbonyl (C=O) groups excluding carboxylic acids is 2. The van der Waals surface area contributed by atoms with Gasteiger partial charge in [0.1, 0.15) is 0 Å². The molecule has 1 aliphatic rings. The smallest absolute Gasteiger partial charge is 0.346 e. The molecule has 0 aliphatic carbocycles. The summed E-state index contributed by atoms with van der Waals surface area (Å²) in [5, 5.41) is 0. The second-order valence-corrected chi connectivity index (χ2v) is 2.22. The molecule has 1 unspecified atom stereocenters. The lowest BCUT2D eigenvalue weighted by atomic mass is 10.1. The second kappa shape index (κ2) is 3.03. The van der Waals surface area contributed by atoms with Gasteiger partial charge < -0.3 is 4.74 Å². The van der Waals surface area contributed by atoms with Crippen molar-refractivity contribution in [1.29, 1.82) is 0 Å². The Hall–Kier alpha value is -1.21. The number of carbonyl (C=O) groups is 2. The van der Waals surface area contributed by atoms with Gasteiger partial charge in [-0.2, -0.15) is 9.90 Å². The van der Waals surface area contributed by atoms with Gasteiger partial charge in [0, 0.05) is 0 Å². The molecule has 0 N–H and O–H groups in total. The van der Waals surface area contributed by atoms with Crippen molar-refractivity contribution >= 4 is 21.8 Å². The molecule has 0 saturated carbocycles. The molecule has 0 spiro atoms. The lowest BCUT2D eigenvalue weighted by molar-refractivity contribution is 0.0444. The van der Waals surface area contributed by atoms with Crippen LogP contribution in [-0.2, 0) is 4.74 Å². The molecule has 3 nitrogen and oxygen atoms in total. The van der Waals surface area contributed by atoms with E-state index in [1.165, 1.54) is 0 Å². The minimum atomic E-state index is -0.550. The summed E-state index contributed by atoms with van der Waals surface area (Å²) in [5.74, 6) is -1.10. The molecule has 0 amide bonds. The average Bonchev–Trinajstić information content (AvgIpc) is 2.30. The van der Waals surface area contributed by atoms with Gasteiger partial charge in [-0.1, -0.05) is 12.1 Å². The van der Waals surface area contributed by atoms with Crippen molar-refractivity contribution in [3.8, 4) is 0 Å². The minimum absolute atomic E-state index is 0. The van der Waals surface area contributed by atoms with Gasteiger partial charge in [-0.25, -0.2) is 9.59 Å². The van der Waals surface area contributed by atoms with Crippen LogP contribution >= 0.6 is 9.90 Å². The molecule has 62 valence electrons. The normalized spacial score (nSPS) is 13.3. The molecule has 1 aliphatic heterocycles. The minimum Gasteiger partial charge on any atom is -0.386 e. The topological polar surface area (TPSA) is 43.4 Å². The molecule has 0 bridgehead atoms. The summed E-state index contributed by atoms with van der Waals surface area (Å²) in [6.07, 6.45) is 0.